The maximum Gasteiger partial charge on any atom is 0.169 e. The van der Waals surface area contributed by atoms with Gasteiger partial charge in [-0.3, -0.25) is 9.20 Å². The number of nitrogens with zero attached hydrogens (tertiary/aromatic N) is 2. The largest absolute Gasteiger partial charge is 0.296 e. The molecule has 0 saturated heterocycles. The van der Waals surface area contributed by atoms with Crippen LogP contribution in [0.1, 0.15) is 10.5 Å². The molecule has 0 N–H and O–H groups in total. The fourth-order valence-electron chi connectivity index (χ4n) is 1.97. The van der Waals surface area contributed by atoms with E-state index in [9.17, 15) is 4.79 Å². The summed E-state index contributed by atoms with van der Waals surface area (Å²) >= 11 is 9.34. The van der Waals surface area contributed by atoms with Crippen molar-refractivity contribution < 1.29 is 4.79 Å². The van der Waals surface area contributed by atoms with E-state index in [1.54, 1.807) is 22.7 Å². The molecule has 0 spiro atoms. The van der Waals surface area contributed by atoms with Gasteiger partial charge >= 0.3 is 0 Å². The molecule has 0 amide bonds. The average Bonchev–Trinajstić information content (AvgIpc) is 2.77. The average molecular weight is 336 g/mol. The quantitative estimate of drug-likeness (QED) is 0.657. The van der Waals surface area contributed by atoms with Gasteiger partial charge in [0.05, 0.1) is 5.02 Å². The normalized spacial score (nSPS) is 10.8. The number of carbonyl (C=O) groups is 1. The van der Waals surface area contributed by atoms with E-state index >= 15 is 0 Å². The summed E-state index contributed by atoms with van der Waals surface area (Å²) in [5, 5.41) is 0.565. The van der Waals surface area contributed by atoms with E-state index in [0.717, 1.165) is 16.3 Å². The van der Waals surface area contributed by atoms with Crippen molar-refractivity contribution >= 4 is 39.5 Å². The molecule has 0 saturated carbocycles. The predicted molar refractivity (Wildman–Crippen MR) is 78.7 cm³/mol. The van der Waals surface area contributed by atoms with Gasteiger partial charge in [0.1, 0.15) is 17.0 Å². The first-order chi connectivity index (χ1) is 9.19. The van der Waals surface area contributed by atoms with Crippen molar-refractivity contribution in [1.29, 1.82) is 0 Å². The number of halogens is 2. The van der Waals surface area contributed by atoms with E-state index in [1.807, 2.05) is 24.3 Å². The molecule has 3 aromatic rings. The monoisotopic (exact) mass is 334 g/mol. The van der Waals surface area contributed by atoms with Crippen LogP contribution in [0.5, 0.6) is 0 Å². The lowest BCUT2D eigenvalue weighted by molar-refractivity contribution is 0.111. The summed E-state index contributed by atoms with van der Waals surface area (Å²) in [6.07, 6.45) is 2.49. The van der Waals surface area contributed by atoms with Crippen LogP contribution in [0.4, 0.5) is 0 Å². The second kappa shape index (κ2) is 4.79. The Balaban J connectivity index is 2.28. The van der Waals surface area contributed by atoms with Crippen LogP contribution in [0.2, 0.25) is 5.02 Å². The molecular formula is C14H8BrClN2O. The van der Waals surface area contributed by atoms with Crippen molar-refractivity contribution in [2.75, 3.05) is 0 Å². The smallest absolute Gasteiger partial charge is 0.169 e. The number of benzene rings is 1. The topological polar surface area (TPSA) is 34.4 Å². The van der Waals surface area contributed by atoms with Gasteiger partial charge in [-0.2, -0.15) is 0 Å². The zero-order valence-electron chi connectivity index (χ0n) is 9.68. The lowest BCUT2D eigenvalue weighted by atomic mass is 10.1. The molecule has 3 rings (SSSR count). The highest BCUT2D eigenvalue weighted by Gasteiger charge is 2.13. The lowest BCUT2D eigenvalue weighted by Gasteiger charge is -1.99. The van der Waals surface area contributed by atoms with Crippen molar-refractivity contribution in [3.63, 3.8) is 0 Å². The van der Waals surface area contributed by atoms with E-state index in [1.165, 1.54) is 0 Å². The Kier molecular flexibility index (Phi) is 3.12. The first kappa shape index (κ1) is 12.4. The number of aldehydes is 1. The van der Waals surface area contributed by atoms with Gasteiger partial charge in [0.15, 0.2) is 6.29 Å². The molecule has 94 valence electrons. The molecule has 0 bridgehead atoms. The Labute approximate surface area is 123 Å². The minimum atomic E-state index is 0.500. The summed E-state index contributed by atoms with van der Waals surface area (Å²) in [6, 6.07) is 11.2. The molecule has 2 aromatic heterocycles. The van der Waals surface area contributed by atoms with Gasteiger partial charge < -0.3 is 0 Å². The van der Waals surface area contributed by atoms with Gasteiger partial charge in [-0.15, -0.1) is 0 Å². The molecular weight excluding hydrogens is 328 g/mol. The maximum absolute atomic E-state index is 11.3. The number of imidazole rings is 1. The van der Waals surface area contributed by atoms with Gasteiger partial charge in [-0.25, -0.2) is 4.98 Å². The summed E-state index contributed by atoms with van der Waals surface area (Å²) in [5.41, 5.74) is 2.75. The Hall–Kier alpha value is -1.65. The fourth-order valence-corrected chi connectivity index (χ4v) is 2.39. The third-order valence-corrected chi connectivity index (χ3v) is 3.60. The molecule has 2 heterocycles. The number of hydrogen-bond acceptors (Lipinski definition) is 2. The second-order valence-electron chi connectivity index (χ2n) is 4.05. The maximum atomic E-state index is 11.3. The van der Waals surface area contributed by atoms with Crippen LogP contribution < -0.4 is 0 Å². The second-order valence-corrected chi connectivity index (χ2v) is 5.40. The molecule has 5 heteroatoms. The minimum absolute atomic E-state index is 0.500. The van der Waals surface area contributed by atoms with E-state index < -0.39 is 0 Å². The van der Waals surface area contributed by atoms with Gasteiger partial charge in [0.2, 0.25) is 0 Å². The third kappa shape index (κ3) is 2.17. The molecule has 0 aliphatic carbocycles. The first-order valence-electron chi connectivity index (χ1n) is 5.58. The number of aromatic nitrogens is 2. The summed E-state index contributed by atoms with van der Waals surface area (Å²) < 4.78 is 2.68. The summed E-state index contributed by atoms with van der Waals surface area (Å²) in [5.74, 6) is 0. The highest BCUT2D eigenvalue weighted by atomic mass is 79.9. The third-order valence-electron chi connectivity index (χ3n) is 2.85. The first-order valence-corrected chi connectivity index (χ1v) is 6.75. The Morgan fingerprint density at radius 3 is 2.58 bits per heavy atom. The van der Waals surface area contributed by atoms with Crippen molar-refractivity contribution in [1.82, 2.24) is 9.38 Å². The molecule has 1 aromatic carbocycles. The summed E-state index contributed by atoms with van der Waals surface area (Å²) in [6.45, 7) is 0. The molecule has 19 heavy (non-hydrogen) atoms. The van der Waals surface area contributed by atoms with Crippen LogP contribution in [0, 0.1) is 0 Å². The molecule has 0 aliphatic rings. The van der Waals surface area contributed by atoms with Crippen molar-refractivity contribution in [3.8, 4) is 11.3 Å². The van der Waals surface area contributed by atoms with Crippen molar-refractivity contribution in [3.05, 3.63) is 57.8 Å². The zero-order valence-corrected chi connectivity index (χ0v) is 12.0. The van der Waals surface area contributed by atoms with Gasteiger partial charge in [-0.1, -0.05) is 39.7 Å². The molecule has 0 radical (unpaired) electrons. The number of carbonyl (C=O) groups excluding carboxylic acids is 1. The Morgan fingerprint density at radius 2 is 1.89 bits per heavy atom. The van der Waals surface area contributed by atoms with E-state index in [4.69, 9.17) is 11.6 Å². The van der Waals surface area contributed by atoms with Gasteiger partial charge in [0, 0.05) is 16.2 Å². The van der Waals surface area contributed by atoms with Gasteiger partial charge in [-0.05, 0) is 24.3 Å². The minimum Gasteiger partial charge on any atom is -0.296 e. The molecule has 3 nitrogen and oxygen atoms in total. The number of rotatable bonds is 2. The van der Waals surface area contributed by atoms with Crippen LogP contribution in [0.25, 0.3) is 16.9 Å². The number of hydrogen-bond donors (Lipinski definition) is 0. The number of fused-ring (bicyclic) bond motifs is 1. The molecule has 0 unspecified atom stereocenters. The summed E-state index contributed by atoms with van der Waals surface area (Å²) in [4.78, 5) is 15.8. The van der Waals surface area contributed by atoms with Crippen LogP contribution in [-0.4, -0.2) is 15.7 Å². The van der Waals surface area contributed by atoms with Crippen LogP contribution in [0.3, 0.4) is 0 Å². The zero-order chi connectivity index (χ0) is 13.4. The standard InChI is InChI=1S/C14H8BrClN2O/c15-10-3-1-9(2-4-10)14-12(8-19)18-7-11(16)5-6-13(18)17-14/h1-8H. The van der Waals surface area contributed by atoms with Crippen molar-refractivity contribution in [2.24, 2.45) is 0 Å². The van der Waals surface area contributed by atoms with E-state index in [2.05, 4.69) is 20.9 Å². The molecule has 0 fully saturated rings. The fraction of sp³-hybridized carbons (Fsp3) is 0. The van der Waals surface area contributed by atoms with Gasteiger partial charge in [0.25, 0.3) is 0 Å². The van der Waals surface area contributed by atoms with E-state index in [0.29, 0.717) is 22.1 Å². The predicted octanol–water partition coefficient (Wildman–Crippen LogP) is 4.23. The molecule has 0 aliphatic heterocycles. The Bertz CT molecular complexity index is 765. The SMILES string of the molecule is O=Cc1c(-c2ccc(Br)cc2)nc2ccc(Cl)cn12. The highest BCUT2D eigenvalue weighted by molar-refractivity contribution is 9.10. The Morgan fingerprint density at radius 1 is 1.16 bits per heavy atom. The summed E-state index contributed by atoms with van der Waals surface area (Å²) in [7, 11) is 0. The number of pyridine rings is 1. The van der Waals surface area contributed by atoms with Crippen LogP contribution in [0.15, 0.2) is 47.1 Å². The lowest BCUT2D eigenvalue weighted by Crippen LogP contribution is -1.92. The van der Waals surface area contributed by atoms with Crippen LogP contribution in [-0.2, 0) is 0 Å². The van der Waals surface area contributed by atoms with Crippen LogP contribution >= 0.6 is 27.5 Å². The van der Waals surface area contributed by atoms with E-state index in [-0.39, 0.29) is 0 Å². The highest BCUT2D eigenvalue weighted by Crippen LogP contribution is 2.25. The molecule has 0 atom stereocenters. The van der Waals surface area contributed by atoms with Crippen molar-refractivity contribution in [2.45, 2.75) is 0 Å².